The Bertz CT molecular complexity index is 868. The minimum absolute atomic E-state index is 0.00849. The summed E-state index contributed by atoms with van der Waals surface area (Å²) in [6.45, 7) is 1.59. The lowest BCUT2D eigenvalue weighted by molar-refractivity contribution is -0.119. The predicted molar refractivity (Wildman–Crippen MR) is 104 cm³/mol. The van der Waals surface area contributed by atoms with Crippen LogP contribution < -0.4 is 10.6 Å². The van der Waals surface area contributed by atoms with Crippen molar-refractivity contribution < 1.29 is 14.3 Å². The standard InChI is InChI=1S/C19H23ClFN5O2/c20-14-9-13(5-6-15(14)21)23-19(28)25-7-8-26-17(11-25)16(10-22-26)24-18(27)12-3-1-2-4-12/h5-6,9-10,12,19,23,28H,1-4,7-8,11H2,(H,24,27). The molecule has 0 radical (unpaired) electrons. The number of hydrogen-bond acceptors (Lipinski definition) is 5. The van der Waals surface area contributed by atoms with Crippen molar-refractivity contribution in [1.82, 2.24) is 14.7 Å². The van der Waals surface area contributed by atoms with Gasteiger partial charge < -0.3 is 15.7 Å². The van der Waals surface area contributed by atoms with E-state index in [9.17, 15) is 14.3 Å². The van der Waals surface area contributed by atoms with Gasteiger partial charge in [-0.25, -0.2) is 4.39 Å². The molecular formula is C19H23ClFN5O2. The molecule has 1 fully saturated rings. The number of aromatic nitrogens is 2. The van der Waals surface area contributed by atoms with Gasteiger partial charge in [-0.05, 0) is 31.0 Å². The summed E-state index contributed by atoms with van der Waals surface area (Å²) in [6, 6.07) is 4.20. The molecule has 1 amide bonds. The lowest BCUT2D eigenvalue weighted by Gasteiger charge is -2.32. The average molecular weight is 408 g/mol. The number of anilines is 2. The van der Waals surface area contributed by atoms with Crippen LogP contribution in [0.15, 0.2) is 24.4 Å². The fourth-order valence-electron chi connectivity index (χ4n) is 3.83. The second-order valence-electron chi connectivity index (χ2n) is 7.32. The zero-order valence-electron chi connectivity index (χ0n) is 15.4. The van der Waals surface area contributed by atoms with E-state index in [1.807, 2.05) is 9.58 Å². The summed E-state index contributed by atoms with van der Waals surface area (Å²) in [5.41, 5.74) is 2.07. The molecule has 9 heteroatoms. The third kappa shape index (κ3) is 3.99. The van der Waals surface area contributed by atoms with Gasteiger partial charge in [-0.3, -0.25) is 14.4 Å². The molecule has 1 aromatic carbocycles. The van der Waals surface area contributed by atoms with Crippen molar-refractivity contribution in [3.63, 3.8) is 0 Å². The van der Waals surface area contributed by atoms with Gasteiger partial charge in [0.05, 0.1) is 29.1 Å². The Kier molecular flexibility index (Phi) is 5.52. The third-order valence-electron chi connectivity index (χ3n) is 5.45. The molecule has 150 valence electrons. The molecule has 0 bridgehead atoms. The molecule has 3 N–H and O–H groups in total. The van der Waals surface area contributed by atoms with Crippen LogP contribution in [-0.4, -0.2) is 38.6 Å². The van der Waals surface area contributed by atoms with E-state index in [0.717, 1.165) is 31.4 Å². The first kappa shape index (κ1) is 19.2. The summed E-state index contributed by atoms with van der Waals surface area (Å²) in [4.78, 5) is 14.3. The van der Waals surface area contributed by atoms with Gasteiger partial charge >= 0.3 is 0 Å². The third-order valence-corrected chi connectivity index (χ3v) is 5.74. The number of amides is 1. The molecule has 28 heavy (non-hydrogen) atoms. The number of nitrogens with zero attached hydrogens (tertiary/aromatic N) is 3. The number of rotatable bonds is 5. The molecule has 2 aliphatic rings. The fraction of sp³-hybridized carbons (Fsp3) is 0.474. The van der Waals surface area contributed by atoms with Crippen LogP contribution in [0.2, 0.25) is 5.02 Å². The molecule has 1 unspecified atom stereocenters. The maximum absolute atomic E-state index is 13.3. The number of halogens is 2. The van der Waals surface area contributed by atoms with Crippen molar-refractivity contribution in [2.45, 2.75) is 45.1 Å². The molecule has 2 heterocycles. The number of hydrogen-bond donors (Lipinski definition) is 3. The molecule has 1 aliphatic heterocycles. The Morgan fingerprint density at radius 1 is 1.32 bits per heavy atom. The van der Waals surface area contributed by atoms with Crippen LogP contribution in [0.25, 0.3) is 0 Å². The normalized spacial score (nSPS) is 18.7. The van der Waals surface area contributed by atoms with Gasteiger partial charge in [-0.2, -0.15) is 5.10 Å². The number of fused-ring (bicyclic) bond motifs is 1. The molecule has 2 aromatic rings. The van der Waals surface area contributed by atoms with Crippen LogP contribution in [0.4, 0.5) is 15.8 Å². The lowest BCUT2D eigenvalue weighted by atomic mass is 10.1. The highest BCUT2D eigenvalue weighted by molar-refractivity contribution is 6.31. The number of carbonyl (C=O) groups is 1. The quantitative estimate of drug-likeness (QED) is 0.664. The minimum atomic E-state index is -0.983. The van der Waals surface area contributed by atoms with Crippen LogP contribution in [0.5, 0.6) is 0 Å². The van der Waals surface area contributed by atoms with E-state index in [0.29, 0.717) is 31.0 Å². The monoisotopic (exact) mass is 407 g/mol. The molecule has 1 saturated carbocycles. The minimum Gasteiger partial charge on any atom is -0.361 e. The number of carbonyl (C=O) groups excluding carboxylic acids is 1. The zero-order valence-corrected chi connectivity index (χ0v) is 16.1. The van der Waals surface area contributed by atoms with Crippen molar-refractivity contribution in [2.75, 3.05) is 17.2 Å². The van der Waals surface area contributed by atoms with Crippen molar-refractivity contribution in [3.05, 3.63) is 40.9 Å². The highest BCUT2D eigenvalue weighted by Gasteiger charge is 2.28. The van der Waals surface area contributed by atoms with Gasteiger partial charge in [0.15, 0.2) is 6.35 Å². The smallest absolute Gasteiger partial charge is 0.227 e. The fourth-order valence-corrected chi connectivity index (χ4v) is 4.01. The van der Waals surface area contributed by atoms with E-state index in [-0.39, 0.29) is 16.8 Å². The maximum Gasteiger partial charge on any atom is 0.227 e. The summed E-state index contributed by atoms with van der Waals surface area (Å²) < 4.78 is 15.2. The Labute approximate surface area is 167 Å². The average Bonchev–Trinajstić information content (AvgIpc) is 3.35. The topological polar surface area (TPSA) is 82.4 Å². The first-order valence-corrected chi connectivity index (χ1v) is 9.88. The van der Waals surface area contributed by atoms with Gasteiger partial charge in [0.25, 0.3) is 0 Å². The van der Waals surface area contributed by atoms with Crippen LogP contribution in [-0.2, 0) is 17.9 Å². The van der Waals surface area contributed by atoms with Crippen LogP contribution in [0, 0.1) is 11.7 Å². The predicted octanol–water partition coefficient (Wildman–Crippen LogP) is 3.01. The van der Waals surface area contributed by atoms with E-state index in [2.05, 4.69) is 15.7 Å². The SMILES string of the molecule is O=C(Nc1cnn2c1CN(C(O)Nc1ccc(F)c(Cl)c1)CC2)C1CCCC1. The van der Waals surface area contributed by atoms with Crippen LogP contribution in [0.3, 0.4) is 0 Å². The second-order valence-corrected chi connectivity index (χ2v) is 7.72. The van der Waals surface area contributed by atoms with Gasteiger partial charge in [0.2, 0.25) is 5.91 Å². The van der Waals surface area contributed by atoms with Crippen LogP contribution >= 0.6 is 11.6 Å². The summed E-state index contributed by atoms with van der Waals surface area (Å²) in [5.74, 6) is -0.387. The molecule has 0 spiro atoms. The van der Waals surface area contributed by atoms with Gasteiger partial charge in [-0.15, -0.1) is 0 Å². The summed E-state index contributed by atoms with van der Waals surface area (Å²) in [5, 5.41) is 20.8. The highest BCUT2D eigenvalue weighted by atomic mass is 35.5. The maximum atomic E-state index is 13.3. The van der Waals surface area contributed by atoms with Crippen molar-refractivity contribution >= 4 is 28.9 Å². The van der Waals surface area contributed by atoms with Crippen molar-refractivity contribution in [3.8, 4) is 0 Å². The Balaban J connectivity index is 1.42. The number of benzene rings is 1. The van der Waals surface area contributed by atoms with E-state index >= 15 is 0 Å². The molecule has 4 rings (SSSR count). The number of aliphatic hydroxyl groups excluding tert-OH is 1. The molecule has 1 aromatic heterocycles. The first-order chi connectivity index (χ1) is 13.5. The Morgan fingerprint density at radius 3 is 2.86 bits per heavy atom. The van der Waals surface area contributed by atoms with E-state index < -0.39 is 12.2 Å². The molecule has 7 nitrogen and oxygen atoms in total. The second kappa shape index (κ2) is 8.06. The molecular weight excluding hydrogens is 385 g/mol. The summed E-state index contributed by atoms with van der Waals surface area (Å²) in [7, 11) is 0. The van der Waals surface area contributed by atoms with E-state index in [1.165, 1.54) is 18.2 Å². The molecule has 1 aliphatic carbocycles. The van der Waals surface area contributed by atoms with Gasteiger partial charge in [-0.1, -0.05) is 24.4 Å². The number of aliphatic hydroxyl groups is 1. The van der Waals surface area contributed by atoms with Gasteiger partial charge in [0.1, 0.15) is 5.82 Å². The molecule has 1 atom stereocenters. The summed E-state index contributed by atoms with van der Waals surface area (Å²) >= 11 is 5.80. The molecule has 0 saturated heterocycles. The Morgan fingerprint density at radius 2 is 2.11 bits per heavy atom. The largest absolute Gasteiger partial charge is 0.361 e. The first-order valence-electron chi connectivity index (χ1n) is 9.50. The van der Waals surface area contributed by atoms with Crippen molar-refractivity contribution in [2.24, 2.45) is 5.92 Å². The number of nitrogens with one attached hydrogen (secondary N) is 2. The van der Waals surface area contributed by atoms with E-state index in [4.69, 9.17) is 11.6 Å². The van der Waals surface area contributed by atoms with E-state index in [1.54, 1.807) is 6.20 Å². The van der Waals surface area contributed by atoms with Crippen molar-refractivity contribution in [1.29, 1.82) is 0 Å². The van der Waals surface area contributed by atoms with Gasteiger partial charge in [0, 0.05) is 24.7 Å². The summed E-state index contributed by atoms with van der Waals surface area (Å²) in [6.07, 6.45) is 4.76. The van der Waals surface area contributed by atoms with Crippen LogP contribution in [0.1, 0.15) is 31.4 Å². The zero-order chi connectivity index (χ0) is 19.7. The Hall–Kier alpha value is -2.16. The lowest BCUT2D eigenvalue weighted by Crippen LogP contribution is -2.45. The highest BCUT2D eigenvalue weighted by Crippen LogP contribution is 2.28.